The van der Waals surface area contributed by atoms with E-state index in [4.69, 9.17) is 0 Å². The summed E-state index contributed by atoms with van der Waals surface area (Å²) in [5.74, 6) is -0.407. The second-order valence-electron chi connectivity index (χ2n) is 6.14. The molecule has 0 saturated heterocycles. The van der Waals surface area contributed by atoms with Crippen LogP contribution in [0.5, 0.6) is 5.88 Å². The maximum Gasteiger partial charge on any atom is 0.335 e. The number of hydrogen-bond donors (Lipinski definition) is 2. The van der Waals surface area contributed by atoms with Gasteiger partial charge in [0.25, 0.3) is 5.56 Å². The van der Waals surface area contributed by atoms with Gasteiger partial charge in [0.2, 0.25) is 5.88 Å². The molecule has 1 atom stereocenters. The Balaban J connectivity index is 2.16. The van der Waals surface area contributed by atoms with Crippen LogP contribution in [0.2, 0.25) is 0 Å². The first-order valence-corrected chi connectivity index (χ1v) is 8.78. The lowest BCUT2D eigenvalue weighted by Gasteiger charge is -2.14. The standard InChI is InChI=1S/C21H21N3O3/c1-3-17(22-14(2)15-10-6-4-7-11-15)18-19(25)23-21(27)24(20(18)26)16-12-8-5-9-13-16/h4-14,26H,3H2,1-2H3,(H,23,25,27)/t14-/m1/s1. The lowest BCUT2D eigenvalue weighted by atomic mass is 10.1. The number of aliphatic imine (C=N–C) groups is 1. The summed E-state index contributed by atoms with van der Waals surface area (Å²) in [5, 5.41) is 10.8. The average Bonchev–Trinajstić information content (AvgIpc) is 2.68. The molecule has 0 unspecified atom stereocenters. The smallest absolute Gasteiger partial charge is 0.335 e. The molecule has 138 valence electrons. The quantitative estimate of drug-likeness (QED) is 0.683. The molecule has 0 bridgehead atoms. The normalized spacial score (nSPS) is 12.7. The number of H-pyrrole nitrogens is 1. The minimum absolute atomic E-state index is 0.0173. The van der Waals surface area contributed by atoms with E-state index in [9.17, 15) is 14.7 Å². The van der Waals surface area contributed by atoms with Gasteiger partial charge in [-0.05, 0) is 31.0 Å². The molecule has 6 nitrogen and oxygen atoms in total. The zero-order valence-corrected chi connectivity index (χ0v) is 15.2. The molecule has 0 saturated carbocycles. The minimum atomic E-state index is -0.695. The largest absolute Gasteiger partial charge is 0.493 e. The molecule has 0 amide bonds. The zero-order valence-electron chi connectivity index (χ0n) is 15.2. The summed E-state index contributed by atoms with van der Waals surface area (Å²) >= 11 is 0. The molecular formula is C21H21N3O3. The SMILES string of the molecule is CCC(=N[C@H](C)c1ccccc1)c1c(O)n(-c2ccccc2)c(=O)[nH]c1=O. The van der Waals surface area contributed by atoms with Gasteiger partial charge >= 0.3 is 5.69 Å². The predicted molar refractivity (Wildman–Crippen MR) is 106 cm³/mol. The van der Waals surface area contributed by atoms with Crippen molar-refractivity contribution < 1.29 is 5.11 Å². The number of aromatic nitrogens is 2. The summed E-state index contributed by atoms with van der Waals surface area (Å²) in [5.41, 5.74) is 0.572. The van der Waals surface area contributed by atoms with Crippen LogP contribution in [0.4, 0.5) is 0 Å². The Kier molecular flexibility index (Phi) is 5.35. The van der Waals surface area contributed by atoms with E-state index < -0.39 is 17.1 Å². The van der Waals surface area contributed by atoms with Gasteiger partial charge in [0, 0.05) is 0 Å². The van der Waals surface area contributed by atoms with Crippen molar-refractivity contribution >= 4 is 5.71 Å². The Hall–Kier alpha value is -3.41. The van der Waals surface area contributed by atoms with Gasteiger partial charge in [-0.3, -0.25) is 14.8 Å². The highest BCUT2D eigenvalue weighted by molar-refractivity contribution is 6.02. The van der Waals surface area contributed by atoms with Crippen molar-refractivity contribution in [3.8, 4) is 11.6 Å². The van der Waals surface area contributed by atoms with Crippen LogP contribution in [-0.4, -0.2) is 20.4 Å². The van der Waals surface area contributed by atoms with E-state index in [0.717, 1.165) is 10.1 Å². The Labute approximate surface area is 156 Å². The summed E-state index contributed by atoms with van der Waals surface area (Å²) in [6.45, 7) is 3.77. The molecule has 1 heterocycles. The average molecular weight is 363 g/mol. The van der Waals surface area contributed by atoms with E-state index in [1.165, 1.54) is 0 Å². The van der Waals surface area contributed by atoms with Gasteiger partial charge in [-0.2, -0.15) is 0 Å². The first-order chi connectivity index (χ1) is 13.0. The number of benzene rings is 2. The first-order valence-electron chi connectivity index (χ1n) is 8.78. The van der Waals surface area contributed by atoms with Gasteiger partial charge in [-0.25, -0.2) is 9.36 Å². The van der Waals surface area contributed by atoms with Crippen molar-refractivity contribution in [1.82, 2.24) is 9.55 Å². The third kappa shape index (κ3) is 3.74. The third-order valence-electron chi connectivity index (χ3n) is 4.36. The van der Waals surface area contributed by atoms with E-state index in [0.29, 0.717) is 17.8 Å². The van der Waals surface area contributed by atoms with Crippen molar-refractivity contribution in [3.05, 3.63) is 92.6 Å². The fraction of sp³-hybridized carbons (Fsp3) is 0.190. The first kappa shape index (κ1) is 18.4. The lowest BCUT2D eigenvalue weighted by Crippen LogP contribution is -2.33. The van der Waals surface area contributed by atoms with Crippen molar-refractivity contribution in [1.29, 1.82) is 0 Å². The van der Waals surface area contributed by atoms with Crippen LogP contribution in [0.3, 0.4) is 0 Å². The summed E-state index contributed by atoms with van der Waals surface area (Å²) in [7, 11) is 0. The van der Waals surface area contributed by atoms with E-state index in [1.807, 2.05) is 44.2 Å². The molecule has 6 heteroatoms. The summed E-state index contributed by atoms with van der Waals surface area (Å²) in [6, 6.07) is 18.1. The highest BCUT2D eigenvalue weighted by Crippen LogP contribution is 2.22. The zero-order chi connectivity index (χ0) is 19.4. The summed E-state index contributed by atoms with van der Waals surface area (Å²) in [6.07, 6.45) is 0.431. The molecule has 2 aromatic carbocycles. The Morgan fingerprint density at radius 1 is 1.07 bits per heavy atom. The number of para-hydroxylation sites is 1. The molecule has 0 aliphatic carbocycles. The number of nitrogens with zero attached hydrogens (tertiary/aromatic N) is 2. The second kappa shape index (κ2) is 7.86. The van der Waals surface area contributed by atoms with Gasteiger partial charge in [0.05, 0.1) is 17.4 Å². The van der Waals surface area contributed by atoms with Gasteiger partial charge in [0.15, 0.2) is 0 Å². The van der Waals surface area contributed by atoms with Crippen LogP contribution < -0.4 is 11.2 Å². The Morgan fingerprint density at radius 3 is 2.26 bits per heavy atom. The molecule has 0 aliphatic heterocycles. The molecule has 0 spiro atoms. The van der Waals surface area contributed by atoms with Gasteiger partial charge in [-0.1, -0.05) is 55.5 Å². The second-order valence-corrected chi connectivity index (χ2v) is 6.14. The van der Waals surface area contributed by atoms with Crippen molar-refractivity contribution in [2.45, 2.75) is 26.3 Å². The highest BCUT2D eigenvalue weighted by atomic mass is 16.3. The van der Waals surface area contributed by atoms with Crippen molar-refractivity contribution in [2.24, 2.45) is 4.99 Å². The summed E-state index contributed by atoms with van der Waals surface area (Å²) < 4.78 is 1.08. The Morgan fingerprint density at radius 2 is 1.67 bits per heavy atom. The van der Waals surface area contributed by atoms with Gasteiger partial charge in [-0.15, -0.1) is 0 Å². The number of nitrogens with one attached hydrogen (secondary N) is 1. The van der Waals surface area contributed by atoms with E-state index >= 15 is 0 Å². The van der Waals surface area contributed by atoms with Crippen molar-refractivity contribution in [2.75, 3.05) is 0 Å². The van der Waals surface area contributed by atoms with Crippen LogP contribution in [0, 0.1) is 0 Å². The third-order valence-corrected chi connectivity index (χ3v) is 4.36. The van der Waals surface area contributed by atoms with Gasteiger partial charge in [0.1, 0.15) is 5.56 Å². The van der Waals surface area contributed by atoms with Crippen LogP contribution in [-0.2, 0) is 0 Å². The van der Waals surface area contributed by atoms with E-state index in [2.05, 4.69) is 9.98 Å². The van der Waals surface area contributed by atoms with Crippen LogP contribution >= 0.6 is 0 Å². The maximum absolute atomic E-state index is 12.5. The summed E-state index contributed by atoms with van der Waals surface area (Å²) in [4.78, 5) is 31.7. The molecule has 1 aromatic heterocycles. The van der Waals surface area contributed by atoms with Crippen LogP contribution in [0.25, 0.3) is 5.69 Å². The molecule has 0 radical (unpaired) electrons. The molecule has 3 rings (SSSR count). The number of rotatable bonds is 5. The molecule has 0 fully saturated rings. The van der Waals surface area contributed by atoms with Gasteiger partial charge < -0.3 is 5.11 Å². The molecular weight excluding hydrogens is 342 g/mol. The highest BCUT2D eigenvalue weighted by Gasteiger charge is 2.20. The molecule has 2 N–H and O–H groups in total. The van der Waals surface area contributed by atoms with Crippen molar-refractivity contribution in [3.63, 3.8) is 0 Å². The number of aromatic amines is 1. The van der Waals surface area contributed by atoms with Crippen LogP contribution in [0.1, 0.15) is 37.4 Å². The monoisotopic (exact) mass is 363 g/mol. The number of hydrogen-bond acceptors (Lipinski definition) is 4. The minimum Gasteiger partial charge on any atom is -0.493 e. The fourth-order valence-corrected chi connectivity index (χ4v) is 2.97. The van der Waals surface area contributed by atoms with E-state index in [-0.39, 0.29) is 11.6 Å². The Bertz CT molecular complexity index is 1070. The van der Waals surface area contributed by atoms with E-state index in [1.54, 1.807) is 30.3 Å². The van der Waals surface area contributed by atoms with Crippen LogP contribution in [0.15, 0.2) is 75.2 Å². The molecule has 27 heavy (non-hydrogen) atoms. The fourth-order valence-electron chi connectivity index (χ4n) is 2.97. The number of aromatic hydroxyl groups is 1. The lowest BCUT2D eigenvalue weighted by molar-refractivity contribution is 0.429. The predicted octanol–water partition coefficient (Wildman–Crippen LogP) is 3.19. The topological polar surface area (TPSA) is 87.4 Å². The molecule has 3 aromatic rings. The molecule has 0 aliphatic rings. The maximum atomic E-state index is 12.5.